The SMILES string of the molecule is OC(CCOc1ccccc1)c1ccc2ncccc2c1. The Kier molecular flexibility index (Phi) is 4.12. The number of aliphatic hydroxyl groups is 1. The van der Waals surface area contributed by atoms with Gasteiger partial charge >= 0.3 is 0 Å². The lowest BCUT2D eigenvalue weighted by Gasteiger charge is -2.12. The van der Waals surface area contributed by atoms with E-state index in [0.717, 1.165) is 22.2 Å². The molecule has 0 radical (unpaired) electrons. The van der Waals surface area contributed by atoms with Crippen molar-refractivity contribution in [3.05, 3.63) is 72.4 Å². The van der Waals surface area contributed by atoms with Crippen LogP contribution in [0, 0.1) is 0 Å². The van der Waals surface area contributed by atoms with E-state index in [0.29, 0.717) is 13.0 Å². The Morgan fingerprint density at radius 3 is 2.71 bits per heavy atom. The number of fused-ring (bicyclic) bond motifs is 1. The number of ether oxygens (including phenoxy) is 1. The van der Waals surface area contributed by atoms with Crippen molar-refractivity contribution in [2.24, 2.45) is 0 Å². The average molecular weight is 279 g/mol. The van der Waals surface area contributed by atoms with Crippen LogP contribution in [0.2, 0.25) is 0 Å². The van der Waals surface area contributed by atoms with Crippen LogP contribution >= 0.6 is 0 Å². The summed E-state index contributed by atoms with van der Waals surface area (Å²) in [7, 11) is 0. The summed E-state index contributed by atoms with van der Waals surface area (Å²) in [6.07, 6.45) is 1.80. The molecule has 3 aromatic rings. The van der Waals surface area contributed by atoms with Crippen molar-refractivity contribution in [2.45, 2.75) is 12.5 Å². The molecule has 0 amide bonds. The fourth-order valence-corrected chi connectivity index (χ4v) is 2.27. The molecular formula is C18H17NO2. The largest absolute Gasteiger partial charge is 0.493 e. The minimum atomic E-state index is -0.529. The first kappa shape index (κ1) is 13.6. The smallest absolute Gasteiger partial charge is 0.119 e. The Hall–Kier alpha value is -2.39. The molecule has 2 aromatic carbocycles. The average Bonchev–Trinajstić information content (AvgIpc) is 2.55. The molecule has 0 saturated heterocycles. The van der Waals surface area contributed by atoms with E-state index in [-0.39, 0.29) is 0 Å². The number of hydrogen-bond acceptors (Lipinski definition) is 3. The molecule has 0 aliphatic carbocycles. The molecular weight excluding hydrogens is 262 g/mol. The summed E-state index contributed by atoms with van der Waals surface area (Å²) < 4.78 is 5.61. The van der Waals surface area contributed by atoms with E-state index in [1.165, 1.54) is 0 Å². The maximum Gasteiger partial charge on any atom is 0.119 e. The number of hydrogen-bond donors (Lipinski definition) is 1. The van der Waals surface area contributed by atoms with Crippen LogP contribution in [0.1, 0.15) is 18.1 Å². The summed E-state index contributed by atoms with van der Waals surface area (Å²) in [4.78, 5) is 4.28. The maximum atomic E-state index is 10.3. The monoisotopic (exact) mass is 279 g/mol. The molecule has 1 aromatic heterocycles. The fraction of sp³-hybridized carbons (Fsp3) is 0.167. The molecule has 1 heterocycles. The highest BCUT2D eigenvalue weighted by molar-refractivity contribution is 5.78. The van der Waals surface area contributed by atoms with Gasteiger partial charge in [0.05, 0.1) is 18.2 Å². The van der Waals surface area contributed by atoms with Crippen molar-refractivity contribution in [2.75, 3.05) is 6.61 Å². The molecule has 3 heteroatoms. The van der Waals surface area contributed by atoms with Crippen molar-refractivity contribution in [1.82, 2.24) is 4.98 Å². The van der Waals surface area contributed by atoms with Gasteiger partial charge in [-0.1, -0.05) is 30.3 Å². The molecule has 1 atom stereocenters. The lowest BCUT2D eigenvalue weighted by molar-refractivity contribution is 0.141. The normalized spacial score (nSPS) is 12.2. The lowest BCUT2D eigenvalue weighted by Crippen LogP contribution is -2.05. The number of rotatable bonds is 5. The van der Waals surface area contributed by atoms with E-state index in [1.807, 2.05) is 60.7 Å². The predicted octanol–water partition coefficient (Wildman–Crippen LogP) is 3.74. The molecule has 0 spiro atoms. The zero-order chi connectivity index (χ0) is 14.5. The third-order valence-electron chi connectivity index (χ3n) is 3.42. The highest BCUT2D eigenvalue weighted by Gasteiger charge is 2.08. The number of aliphatic hydroxyl groups excluding tert-OH is 1. The van der Waals surface area contributed by atoms with Gasteiger partial charge < -0.3 is 9.84 Å². The molecule has 0 aliphatic heterocycles. The van der Waals surface area contributed by atoms with Crippen molar-refractivity contribution in [1.29, 1.82) is 0 Å². The second kappa shape index (κ2) is 6.37. The van der Waals surface area contributed by atoms with Gasteiger partial charge in [0.25, 0.3) is 0 Å². The molecule has 1 N–H and O–H groups in total. The van der Waals surface area contributed by atoms with Gasteiger partial charge in [0.2, 0.25) is 0 Å². The van der Waals surface area contributed by atoms with Gasteiger partial charge in [0.15, 0.2) is 0 Å². The third-order valence-corrected chi connectivity index (χ3v) is 3.42. The molecule has 3 rings (SSSR count). The Labute approximate surface area is 123 Å². The number of benzene rings is 2. The fourth-order valence-electron chi connectivity index (χ4n) is 2.27. The second-order valence-electron chi connectivity index (χ2n) is 4.92. The van der Waals surface area contributed by atoms with Gasteiger partial charge in [-0.05, 0) is 35.9 Å². The van der Waals surface area contributed by atoms with Crippen LogP contribution in [0.4, 0.5) is 0 Å². The van der Waals surface area contributed by atoms with Gasteiger partial charge in [-0.2, -0.15) is 0 Å². The third kappa shape index (κ3) is 3.38. The highest BCUT2D eigenvalue weighted by Crippen LogP contribution is 2.21. The predicted molar refractivity (Wildman–Crippen MR) is 83.3 cm³/mol. The zero-order valence-corrected chi connectivity index (χ0v) is 11.6. The highest BCUT2D eigenvalue weighted by atomic mass is 16.5. The van der Waals surface area contributed by atoms with Crippen LogP contribution in [-0.4, -0.2) is 16.7 Å². The molecule has 0 fully saturated rings. The van der Waals surface area contributed by atoms with E-state index in [1.54, 1.807) is 6.20 Å². The minimum absolute atomic E-state index is 0.482. The van der Waals surface area contributed by atoms with E-state index in [9.17, 15) is 5.11 Å². The summed E-state index contributed by atoms with van der Waals surface area (Å²) >= 11 is 0. The topological polar surface area (TPSA) is 42.4 Å². The van der Waals surface area contributed by atoms with Crippen molar-refractivity contribution in [3.63, 3.8) is 0 Å². The van der Waals surface area contributed by atoms with Crippen LogP contribution in [0.15, 0.2) is 66.9 Å². The molecule has 0 aliphatic rings. The van der Waals surface area contributed by atoms with Gasteiger partial charge in [-0.25, -0.2) is 0 Å². The Morgan fingerprint density at radius 1 is 1.00 bits per heavy atom. The number of nitrogens with zero attached hydrogens (tertiary/aromatic N) is 1. The molecule has 1 unspecified atom stereocenters. The van der Waals surface area contributed by atoms with Crippen molar-refractivity contribution < 1.29 is 9.84 Å². The van der Waals surface area contributed by atoms with E-state index < -0.39 is 6.10 Å². The van der Waals surface area contributed by atoms with Crippen LogP contribution in [0.3, 0.4) is 0 Å². The van der Waals surface area contributed by atoms with Crippen LogP contribution in [0.5, 0.6) is 5.75 Å². The first-order valence-corrected chi connectivity index (χ1v) is 7.03. The van der Waals surface area contributed by atoms with E-state index in [4.69, 9.17) is 4.74 Å². The van der Waals surface area contributed by atoms with Crippen LogP contribution in [0.25, 0.3) is 10.9 Å². The summed E-state index contributed by atoms with van der Waals surface area (Å²) in [5, 5.41) is 11.3. The van der Waals surface area contributed by atoms with Gasteiger partial charge in [0, 0.05) is 18.0 Å². The quantitative estimate of drug-likeness (QED) is 0.773. The number of pyridine rings is 1. The number of para-hydroxylation sites is 1. The van der Waals surface area contributed by atoms with E-state index in [2.05, 4.69) is 4.98 Å². The first-order chi connectivity index (χ1) is 10.3. The van der Waals surface area contributed by atoms with Gasteiger partial charge in [-0.15, -0.1) is 0 Å². The lowest BCUT2D eigenvalue weighted by atomic mass is 10.0. The standard InChI is InChI=1S/C18H17NO2/c20-18(10-12-21-16-6-2-1-3-7-16)15-8-9-17-14(13-15)5-4-11-19-17/h1-9,11,13,18,20H,10,12H2. The van der Waals surface area contributed by atoms with Crippen molar-refractivity contribution >= 4 is 10.9 Å². The Balaban J connectivity index is 1.62. The van der Waals surface area contributed by atoms with Gasteiger partial charge in [-0.3, -0.25) is 4.98 Å². The molecule has 21 heavy (non-hydrogen) atoms. The Morgan fingerprint density at radius 2 is 1.86 bits per heavy atom. The summed E-state index contributed by atoms with van der Waals surface area (Å²) in [6, 6.07) is 19.4. The minimum Gasteiger partial charge on any atom is -0.493 e. The molecule has 0 bridgehead atoms. The molecule has 0 saturated carbocycles. The summed E-state index contributed by atoms with van der Waals surface area (Å²) in [6.45, 7) is 0.482. The van der Waals surface area contributed by atoms with Crippen molar-refractivity contribution in [3.8, 4) is 5.75 Å². The van der Waals surface area contributed by atoms with Gasteiger partial charge in [0.1, 0.15) is 5.75 Å². The zero-order valence-electron chi connectivity index (χ0n) is 11.6. The second-order valence-corrected chi connectivity index (χ2v) is 4.92. The van der Waals surface area contributed by atoms with E-state index >= 15 is 0 Å². The molecule has 106 valence electrons. The number of aromatic nitrogens is 1. The molecule has 3 nitrogen and oxygen atoms in total. The van der Waals surface area contributed by atoms with Crippen LogP contribution < -0.4 is 4.74 Å². The first-order valence-electron chi connectivity index (χ1n) is 7.03. The Bertz CT molecular complexity index is 712. The maximum absolute atomic E-state index is 10.3. The summed E-state index contributed by atoms with van der Waals surface area (Å²) in [5.74, 6) is 0.826. The summed E-state index contributed by atoms with van der Waals surface area (Å²) in [5.41, 5.74) is 1.83. The van der Waals surface area contributed by atoms with Crippen LogP contribution in [-0.2, 0) is 0 Å².